The first-order valence-electron chi connectivity index (χ1n) is 19.9. The number of thiocarbonyl (C=S) groups is 1. The largest absolute Gasteiger partial charge is 2.00 e. The fourth-order valence-electron chi connectivity index (χ4n) is 6.12. The molecule has 71 heavy (non-hydrogen) atoms. The fourth-order valence-corrected chi connectivity index (χ4v) is 7.07. The summed E-state index contributed by atoms with van der Waals surface area (Å²) in [5, 5.41) is 17.4. The van der Waals surface area contributed by atoms with Gasteiger partial charge in [-0.2, -0.15) is 44.7 Å². The number of carbonyl (C=O) groups is 3. The molecule has 0 aliphatic rings. The number of alkyl halides is 9. The second kappa shape index (κ2) is 28.0. The smallest absolute Gasteiger partial charge is 0.753 e. The Morgan fingerprint density at radius 2 is 1.23 bits per heavy atom. The van der Waals surface area contributed by atoms with E-state index in [0.29, 0.717) is 18.1 Å². The number of halogens is 9. The van der Waals surface area contributed by atoms with E-state index in [2.05, 4.69) is 74.9 Å². The van der Waals surface area contributed by atoms with Gasteiger partial charge in [-0.25, -0.2) is 4.98 Å². The zero-order chi connectivity index (χ0) is 51.3. The van der Waals surface area contributed by atoms with Crippen LogP contribution in [0.1, 0.15) is 71.7 Å². The number of ether oxygens (including phenoxy) is 3. The summed E-state index contributed by atoms with van der Waals surface area (Å²) in [6.07, 6.45) is -0.227. The number of rotatable bonds is 18. The summed E-state index contributed by atoms with van der Waals surface area (Å²) >= 11 is 5.34. The summed E-state index contributed by atoms with van der Waals surface area (Å²) in [6, 6.07) is 11.4. The molecule has 0 fully saturated rings. The minimum absolute atomic E-state index is 0. The molecule has 0 bridgehead atoms. The summed E-state index contributed by atoms with van der Waals surface area (Å²) < 4.78 is 132. The maximum Gasteiger partial charge on any atom is 2.00 e. The Labute approximate surface area is 420 Å². The molecule has 0 N–H and O–H groups in total. The third-order valence-electron chi connectivity index (χ3n) is 9.17. The fraction of sp³-hybridized carbons (Fsp3) is 0.196. The van der Waals surface area contributed by atoms with E-state index in [0.717, 1.165) is 72.4 Å². The molecule has 25 heteroatoms. The molecule has 0 saturated carbocycles. The number of carbonyl (C=O) groups excluding carboxylic acids is 3. The Bertz CT molecular complexity index is 2740. The van der Waals surface area contributed by atoms with Crippen molar-refractivity contribution in [2.75, 3.05) is 0 Å². The number of aromatic nitrogens is 6. The van der Waals surface area contributed by atoms with Gasteiger partial charge in [-0.1, -0.05) is 44.1 Å². The molecule has 0 aromatic carbocycles. The summed E-state index contributed by atoms with van der Waals surface area (Å²) in [4.78, 5) is 48.6. The average Bonchev–Trinajstić information content (AvgIpc) is 4.02. The second-order valence-electron chi connectivity index (χ2n) is 13.8. The van der Waals surface area contributed by atoms with Crippen LogP contribution in [0.3, 0.4) is 0 Å². The average molecular weight is 1120 g/mol. The Balaban J connectivity index is 0.000000381. The van der Waals surface area contributed by atoms with Gasteiger partial charge in [0, 0.05) is 23.5 Å². The van der Waals surface area contributed by atoms with Crippen LogP contribution in [0.4, 0.5) is 39.5 Å². The Kier molecular flexibility index (Phi) is 22.9. The summed E-state index contributed by atoms with van der Waals surface area (Å²) in [5.41, 5.74) is -1.47. The minimum atomic E-state index is -4.82. The van der Waals surface area contributed by atoms with Gasteiger partial charge in [0.05, 0.1) is 58.4 Å². The van der Waals surface area contributed by atoms with Crippen LogP contribution in [0.25, 0.3) is 68.2 Å². The van der Waals surface area contributed by atoms with E-state index >= 15 is 0 Å². The van der Waals surface area contributed by atoms with Crippen molar-refractivity contribution in [3.05, 3.63) is 136 Å². The van der Waals surface area contributed by atoms with Crippen LogP contribution < -0.4 is 5.10 Å². The number of thiophene rings is 1. The van der Waals surface area contributed by atoms with Crippen molar-refractivity contribution >= 4 is 66.4 Å². The van der Waals surface area contributed by atoms with Gasteiger partial charge in [-0.05, 0) is 113 Å². The number of hydrogen-bond donors (Lipinski definition) is 0. The molecule has 0 spiro atoms. The van der Waals surface area contributed by atoms with Gasteiger partial charge in [-0.3, -0.25) is 29.3 Å². The number of aryl methyl sites for hydroxylation is 1. The maximum absolute atomic E-state index is 13.5. The molecule has 13 nitrogen and oxygen atoms in total. The third-order valence-corrected chi connectivity index (χ3v) is 10.2. The van der Waals surface area contributed by atoms with Crippen molar-refractivity contribution in [1.29, 1.82) is 0 Å². The molecule has 0 aliphatic carbocycles. The zero-order valence-corrected chi connectivity index (χ0v) is 39.7. The number of pyridine rings is 4. The van der Waals surface area contributed by atoms with E-state index in [4.69, 9.17) is 5.41 Å². The Morgan fingerprint density at radius 3 is 1.70 bits per heavy atom. The zero-order valence-electron chi connectivity index (χ0n) is 36.3. The third kappa shape index (κ3) is 17.7. The molecule has 372 valence electrons. The van der Waals surface area contributed by atoms with Crippen LogP contribution in [0.15, 0.2) is 91.3 Å². The molecule has 0 unspecified atom stereocenters. The van der Waals surface area contributed by atoms with Crippen LogP contribution >= 0.6 is 23.6 Å². The SMILES string of the molecule is CCCCCCc1ccsc1-c1ccnc(-c2cc(C(F)(F)F)n[n-]2)c1.O=CO/C=C/c1cc(-c2cc(/C=C/OC=O)c(C(F)(F)F)cn2)nc(-c2cc(/C=C/OC=O)c(C(F)(F)F)cn2)c1.[N-]=C=S.[Ru+2]. The van der Waals surface area contributed by atoms with Gasteiger partial charge in [0.2, 0.25) is 0 Å². The second-order valence-corrected chi connectivity index (χ2v) is 14.9. The van der Waals surface area contributed by atoms with Crippen LogP contribution in [-0.2, 0) is 73.0 Å². The normalized spacial score (nSPS) is 11.5. The Hall–Kier alpha value is -7.07. The van der Waals surface area contributed by atoms with Gasteiger partial charge in [0.1, 0.15) is 5.69 Å². The number of nitrogens with zero attached hydrogens (tertiary/aromatic N) is 7. The topological polar surface area (TPSA) is 180 Å². The van der Waals surface area contributed by atoms with Crippen molar-refractivity contribution in [1.82, 2.24) is 30.1 Å². The van der Waals surface area contributed by atoms with Crippen molar-refractivity contribution in [2.24, 2.45) is 0 Å². The monoisotopic (exact) mass is 1120 g/mol. The van der Waals surface area contributed by atoms with E-state index in [9.17, 15) is 53.9 Å². The van der Waals surface area contributed by atoms with Crippen molar-refractivity contribution in [3.8, 4) is 44.6 Å². The number of hydrogen-bond acceptors (Lipinski definition) is 13. The van der Waals surface area contributed by atoms with Gasteiger partial charge >= 0.3 is 38.0 Å². The number of unbranched alkanes of at least 4 members (excludes halogenated alkanes) is 3. The molecule has 0 radical (unpaired) electrons. The molecule has 0 aliphatic heterocycles. The first-order valence-corrected chi connectivity index (χ1v) is 21.2. The minimum Gasteiger partial charge on any atom is -0.753 e. The first-order chi connectivity index (χ1) is 33.4. The van der Waals surface area contributed by atoms with Gasteiger partial charge in [0.15, 0.2) is 0 Å². The van der Waals surface area contributed by atoms with Crippen molar-refractivity contribution in [3.63, 3.8) is 0 Å². The molecule has 0 amide bonds. The number of isothiocyanates is 1. The molecule has 6 heterocycles. The molecule has 6 rings (SSSR count). The van der Waals surface area contributed by atoms with E-state index in [1.54, 1.807) is 23.6 Å². The maximum atomic E-state index is 13.5. The summed E-state index contributed by atoms with van der Waals surface area (Å²) in [5.74, 6) is 0. The van der Waals surface area contributed by atoms with Crippen LogP contribution in [0, 0.1) is 0 Å². The van der Waals surface area contributed by atoms with Crippen LogP contribution in [-0.4, -0.2) is 49.6 Å². The first kappa shape index (κ1) is 58.2. The predicted octanol–water partition coefficient (Wildman–Crippen LogP) is 12.3. The molecule has 6 aromatic rings. The van der Waals surface area contributed by atoms with Crippen LogP contribution in [0.2, 0.25) is 0 Å². The summed E-state index contributed by atoms with van der Waals surface area (Å²) in [7, 11) is 0. The van der Waals surface area contributed by atoms with E-state index in [1.165, 1.54) is 48.2 Å². The summed E-state index contributed by atoms with van der Waals surface area (Å²) in [6.45, 7) is 2.31. The molecule has 0 atom stereocenters. The predicted molar refractivity (Wildman–Crippen MR) is 242 cm³/mol. The van der Waals surface area contributed by atoms with E-state index in [1.807, 2.05) is 6.07 Å². The molecule has 6 aromatic heterocycles. The van der Waals surface area contributed by atoms with Crippen LogP contribution in [0.5, 0.6) is 0 Å². The van der Waals surface area contributed by atoms with E-state index in [-0.39, 0.29) is 72.9 Å². The van der Waals surface area contributed by atoms with Gasteiger partial charge in [0.25, 0.3) is 19.4 Å². The molecular weight excluding hydrogens is 1080 g/mol. The standard InChI is InChI=1S/C26H15F6N3O6.C19H19F3N3S.CNS.Ru/c27-25(28,29)19-11-33-21(9-17(19)2-5-40-14-37)23-7-16(1-4-39-13-36)8-24(35-23)22-10-18(3-6-41-15-38)20(12-34-22)26(30,31)32;1-2-3-4-5-6-13-8-10-26-18(13)14-7-9-23-15(11-14)16-12-17(25-24-16)19(20,21)22;2-1-3;/h1-15H;7-12H,2-6H2,1H3;;/q;2*-1;+2/b4-1+,5-2+,6-3+;;;. The van der Waals surface area contributed by atoms with Gasteiger partial charge < -0.3 is 29.8 Å². The van der Waals surface area contributed by atoms with Crippen molar-refractivity contribution < 1.29 is 87.6 Å². The van der Waals surface area contributed by atoms with Crippen molar-refractivity contribution in [2.45, 2.75) is 57.6 Å². The molecule has 0 saturated heterocycles. The molecular formula is C46H34F9N7O6RuS2. The van der Waals surface area contributed by atoms with E-state index < -0.39 is 46.5 Å². The van der Waals surface area contributed by atoms with Gasteiger partial charge in [-0.15, -0.1) is 11.3 Å². The quantitative estimate of drug-likeness (QED) is 0.0116. The Morgan fingerprint density at radius 1 is 0.690 bits per heavy atom.